The van der Waals surface area contributed by atoms with E-state index >= 15 is 0 Å². The van der Waals surface area contributed by atoms with Crippen LogP contribution >= 0.6 is 0 Å². The average molecular weight is 251 g/mol. The van der Waals surface area contributed by atoms with E-state index in [1.165, 1.54) is 12.3 Å². The molecule has 0 aliphatic heterocycles. The molecule has 0 amide bonds. The molecule has 2 aromatic rings. The predicted octanol–water partition coefficient (Wildman–Crippen LogP) is 2.69. The zero-order valence-electron chi connectivity index (χ0n) is 9.38. The van der Waals surface area contributed by atoms with Crippen molar-refractivity contribution in [2.75, 3.05) is 5.32 Å². The molecule has 2 rings (SSSR count). The van der Waals surface area contributed by atoms with Gasteiger partial charge in [0.2, 0.25) is 0 Å². The second-order valence-electron chi connectivity index (χ2n) is 3.43. The zero-order valence-corrected chi connectivity index (χ0v) is 9.38. The van der Waals surface area contributed by atoms with Gasteiger partial charge in [0.25, 0.3) is 0 Å². The first-order valence-electron chi connectivity index (χ1n) is 5.29. The number of alkyl halides is 2. The number of pyridine rings is 2. The molecule has 4 nitrogen and oxygen atoms in total. The van der Waals surface area contributed by atoms with E-state index in [-0.39, 0.29) is 5.75 Å². The summed E-state index contributed by atoms with van der Waals surface area (Å²) >= 11 is 0. The Morgan fingerprint density at radius 1 is 1.17 bits per heavy atom. The van der Waals surface area contributed by atoms with Crippen molar-refractivity contribution in [3.63, 3.8) is 0 Å². The van der Waals surface area contributed by atoms with E-state index in [1.807, 2.05) is 18.2 Å². The third-order valence-electron chi connectivity index (χ3n) is 2.14. The van der Waals surface area contributed by atoms with E-state index in [9.17, 15) is 8.78 Å². The van der Waals surface area contributed by atoms with Gasteiger partial charge < -0.3 is 10.1 Å². The number of hydrogen-bond donors (Lipinski definition) is 1. The smallest absolute Gasteiger partial charge is 0.387 e. The third kappa shape index (κ3) is 3.65. The van der Waals surface area contributed by atoms with Gasteiger partial charge in [0.05, 0.1) is 18.4 Å². The molecule has 94 valence electrons. The predicted molar refractivity (Wildman–Crippen MR) is 62.4 cm³/mol. The Morgan fingerprint density at radius 2 is 2.06 bits per heavy atom. The van der Waals surface area contributed by atoms with Gasteiger partial charge in [-0.25, -0.2) is 4.98 Å². The van der Waals surface area contributed by atoms with Crippen LogP contribution in [0.3, 0.4) is 0 Å². The van der Waals surface area contributed by atoms with Crippen molar-refractivity contribution >= 4 is 5.82 Å². The average Bonchev–Trinajstić information content (AvgIpc) is 2.38. The zero-order chi connectivity index (χ0) is 12.8. The van der Waals surface area contributed by atoms with Crippen molar-refractivity contribution in [2.45, 2.75) is 13.2 Å². The summed E-state index contributed by atoms with van der Waals surface area (Å²) in [6.07, 6.45) is 2.94. The minimum atomic E-state index is -2.83. The fourth-order valence-corrected chi connectivity index (χ4v) is 1.34. The van der Waals surface area contributed by atoms with Gasteiger partial charge in [-0.2, -0.15) is 8.78 Å². The van der Waals surface area contributed by atoms with Crippen molar-refractivity contribution in [2.24, 2.45) is 0 Å². The number of nitrogens with one attached hydrogen (secondary N) is 1. The molecule has 0 radical (unpaired) electrons. The Morgan fingerprint density at radius 3 is 2.67 bits per heavy atom. The molecule has 18 heavy (non-hydrogen) atoms. The van der Waals surface area contributed by atoms with Crippen molar-refractivity contribution in [1.82, 2.24) is 9.97 Å². The number of ether oxygens (including phenoxy) is 1. The lowest BCUT2D eigenvalue weighted by atomic mass is 10.3. The van der Waals surface area contributed by atoms with Crippen LogP contribution in [-0.4, -0.2) is 16.6 Å². The highest BCUT2D eigenvalue weighted by atomic mass is 19.3. The van der Waals surface area contributed by atoms with Gasteiger partial charge in [-0.3, -0.25) is 4.98 Å². The molecule has 0 fully saturated rings. The van der Waals surface area contributed by atoms with E-state index in [2.05, 4.69) is 20.0 Å². The van der Waals surface area contributed by atoms with Crippen LogP contribution in [0.15, 0.2) is 42.7 Å². The van der Waals surface area contributed by atoms with Crippen molar-refractivity contribution in [1.29, 1.82) is 0 Å². The molecular weight excluding hydrogens is 240 g/mol. The minimum absolute atomic E-state index is 0.0355. The lowest BCUT2D eigenvalue weighted by Gasteiger charge is -2.07. The van der Waals surface area contributed by atoms with E-state index in [0.717, 1.165) is 5.69 Å². The molecule has 0 saturated carbocycles. The fraction of sp³-hybridized carbons (Fsp3) is 0.167. The van der Waals surface area contributed by atoms with Gasteiger partial charge in [0.15, 0.2) is 0 Å². The second kappa shape index (κ2) is 5.90. The molecular formula is C12H11F2N3O. The van der Waals surface area contributed by atoms with Crippen LogP contribution in [0, 0.1) is 0 Å². The number of hydrogen-bond acceptors (Lipinski definition) is 4. The van der Waals surface area contributed by atoms with Gasteiger partial charge in [-0.15, -0.1) is 0 Å². The van der Waals surface area contributed by atoms with Gasteiger partial charge in [0, 0.05) is 6.20 Å². The quantitative estimate of drug-likeness (QED) is 0.887. The second-order valence-corrected chi connectivity index (χ2v) is 3.43. The van der Waals surface area contributed by atoms with Crippen LogP contribution in [0.4, 0.5) is 14.6 Å². The van der Waals surface area contributed by atoms with Gasteiger partial charge in [-0.05, 0) is 24.3 Å². The van der Waals surface area contributed by atoms with E-state index in [0.29, 0.717) is 12.4 Å². The maximum Gasteiger partial charge on any atom is 0.387 e. The first-order valence-corrected chi connectivity index (χ1v) is 5.29. The number of halogens is 2. The molecule has 0 spiro atoms. The van der Waals surface area contributed by atoms with Crippen molar-refractivity contribution < 1.29 is 13.5 Å². The van der Waals surface area contributed by atoms with Crippen LogP contribution in [0.1, 0.15) is 5.69 Å². The van der Waals surface area contributed by atoms with E-state index in [4.69, 9.17) is 0 Å². The summed E-state index contributed by atoms with van der Waals surface area (Å²) in [5.41, 5.74) is 0.868. The summed E-state index contributed by atoms with van der Waals surface area (Å²) in [5.74, 6) is 0.607. The molecule has 0 saturated heterocycles. The lowest BCUT2D eigenvalue weighted by molar-refractivity contribution is -0.0500. The molecule has 1 N–H and O–H groups in total. The SMILES string of the molecule is FC(F)Oc1ccc(NCc2ccccn2)nc1. The summed E-state index contributed by atoms with van der Waals surface area (Å²) in [5, 5.41) is 3.02. The number of anilines is 1. The standard InChI is InChI=1S/C12H11F2N3O/c13-12(14)18-10-4-5-11(17-8-10)16-7-9-3-1-2-6-15-9/h1-6,8,12H,7H2,(H,16,17). The Kier molecular flexibility index (Phi) is 4.01. The molecule has 0 unspecified atom stereocenters. The molecule has 0 aliphatic carbocycles. The fourth-order valence-electron chi connectivity index (χ4n) is 1.34. The Hall–Kier alpha value is -2.24. The van der Waals surface area contributed by atoms with Crippen LogP contribution < -0.4 is 10.1 Å². The molecule has 6 heteroatoms. The third-order valence-corrected chi connectivity index (χ3v) is 2.14. The van der Waals surface area contributed by atoms with E-state index in [1.54, 1.807) is 12.3 Å². The van der Waals surface area contributed by atoms with Crippen molar-refractivity contribution in [3.05, 3.63) is 48.4 Å². The summed E-state index contributed by atoms with van der Waals surface area (Å²) in [6, 6.07) is 8.59. The minimum Gasteiger partial charge on any atom is -0.433 e. The molecule has 0 aromatic carbocycles. The molecule has 0 aliphatic rings. The first kappa shape index (κ1) is 12.2. The maximum absolute atomic E-state index is 11.9. The van der Waals surface area contributed by atoms with Crippen LogP contribution in [0.25, 0.3) is 0 Å². The van der Waals surface area contributed by atoms with Gasteiger partial charge in [-0.1, -0.05) is 6.07 Å². The summed E-state index contributed by atoms with van der Waals surface area (Å²) in [4.78, 5) is 8.09. The molecule has 0 atom stereocenters. The summed E-state index contributed by atoms with van der Waals surface area (Å²) in [6.45, 7) is -2.32. The topological polar surface area (TPSA) is 47.0 Å². The summed E-state index contributed by atoms with van der Waals surface area (Å²) < 4.78 is 28.0. The number of nitrogens with zero attached hydrogens (tertiary/aromatic N) is 2. The largest absolute Gasteiger partial charge is 0.433 e. The number of rotatable bonds is 5. The van der Waals surface area contributed by atoms with Gasteiger partial charge in [0.1, 0.15) is 11.6 Å². The van der Waals surface area contributed by atoms with Crippen LogP contribution in [0.2, 0.25) is 0 Å². The Bertz CT molecular complexity index is 476. The maximum atomic E-state index is 11.9. The van der Waals surface area contributed by atoms with Crippen LogP contribution in [-0.2, 0) is 6.54 Å². The Balaban J connectivity index is 1.90. The highest BCUT2D eigenvalue weighted by Gasteiger charge is 2.04. The lowest BCUT2D eigenvalue weighted by Crippen LogP contribution is -2.04. The Labute approximate surface area is 103 Å². The van der Waals surface area contributed by atoms with Crippen molar-refractivity contribution in [3.8, 4) is 5.75 Å². The van der Waals surface area contributed by atoms with Gasteiger partial charge >= 0.3 is 6.61 Å². The van der Waals surface area contributed by atoms with E-state index < -0.39 is 6.61 Å². The highest BCUT2D eigenvalue weighted by Crippen LogP contribution is 2.14. The monoisotopic (exact) mass is 251 g/mol. The van der Waals surface area contributed by atoms with Crippen LogP contribution in [0.5, 0.6) is 5.75 Å². The highest BCUT2D eigenvalue weighted by molar-refractivity contribution is 5.37. The molecule has 2 heterocycles. The number of aromatic nitrogens is 2. The first-order chi connectivity index (χ1) is 8.74. The summed E-state index contributed by atoms with van der Waals surface area (Å²) in [7, 11) is 0. The normalized spacial score (nSPS) is 10.4. The molecule has 2 aromatic heterocycles. The molecule has 0 bridgehead atoms.